The highest BCUT2D eigenvalue weighted by Gasteiger charge is 2.28. The van der Waals surface area contributed by atoms with Crippen LogP contribution < -0.4 is 5.32 Å². The SMILES string of the molecule is CC1(C)CNCC(COCc2ccc(F)c(F)c2)O1. The van der Waals surface area contributed by atoms with E-state index < -0.39 is 11.6 Å². The summed E-state index contributed by atoms with van der Waals surface area (Å²) in [6.07, 6.45) is -0.0194. The van der Waals surface area contributed by atoms with E-state index in [0.29, 0.717) is 12.2 Å². The van der Waals surface area contributed by atoms with E-state index in [1.807, 2.05) is 13.8 Å². The van der Waals surface area contributed by atoms with E-state index in [0.717, 1.165) is 25.2 Å². The summed E-state index contributed by atoms with van der Waals surface area (Å²) in [5.41, 5.74) is 0.413. The Morgan fingerprint density at radius 1 is 1.37 bits per heavy atom. The van der Waals surface area contributed by atoms with Crippen molar-refractivity contribution in [2.75, 3.05) is 19.7 Å². The smallest absolute Gasteiger partial charge is 0.159 e. The summed E-state index contributed by atoms with van der Waals surface area (Å²) < 4.78 is 37.1. The minimum absolute atomic E-state index is 0.0194. The summed E-state index contributed by atoms with van der Waals surface area (Å²) in [7, 11) is 0. The number of ether oxygens (including phenoxy) is 2. The summed E-state index contributed by atoms with van der Waals surface area (Å²) >= 11 is 0. The molecule has 1 saturated heterocycles. The van der Waals surface area contributed by atoms with Gasteiger partial charge in [0.2, 0.25) is 0 Å². The molecular formula is C14H19F2NO2. The standard InChI is InChI=1S/C14H19F2NO2/c1-14(2)9-17-6-11(19-14)8-18-7-10-3-4-12(15)13(16)5-10/h3-5,11,17H,6-9H2,1-2H3. The number of benzene rings is 1. The third kappa shape index (κ3) is 4.23. The van der Waals surface area contributed by atoms with Crippen molar-refractivity contribution in [3.63, 3.8) is 0 Å². The maximum Gasteiger partial charge on any atom is 0.159 e. The molecular weight excluding hydrogens is 252 g/mol. The second kappa shape index (κ2) is 5.94. The fourth-order valence-electron chi connectivity index (χ4n) is 2.10. The fraction of sp³-hybridized carbons (Fsp3) is 0.571. The Hall–Kier alpha value is -1.04. The zero-order chi connectivity index (χ0) is 13.9. The van der Waals surface area contributed by atoms with Crippen LogP contribution in [0.4, 0.5) is 8.78 Å². The second-order valence-electron chi connectivity index (χ2n) is 5.39. The normalized spacial score (nSPS) is 22.4. The monoisotopic (exact) mass is 271 g/mol. The predicted molar refractivity (Wildman–Crippen MR) is 67.8 cm³/mol. The van der Waals surface area contributed by atoms with Gasteiger partial charge < -0.3 is 14.8 Å². The number of rotatable bonds is 4. The van der Waals surface area contributed by atoms with Gasteiger partial charge in [-0.3, -0.25) is 0 Å². The van der Waals surface area contributed by atoms with Gasteiger partial charge in [0.1, 0.15) is 0 Å². The van der Waals surface area contributed by atoms with Gasteiger partial charge in [0.05, 0.1) is 24.9 Å². The van der Waals surface area contributed by atoms with E-state index in [1.54, 1.807) is 0 Å². The minimum atomic E-state index is -0.849. The van der Waals surface area contributed by atoms with Crippen LogP contribution in [0.2, 0.25) is 0 Å². The molecule has 1 N–H and O–H groups in total. The van der Waals surface area contributed by atoms with Gasteiger partial charge in [-0.25, -0.2) is 8.78 Å². The second-order valence-corrected chi connectivity index (χ2v) is 5.39. The first-order chi connectivity index (χ1) is 8.96. The molecule has 1 unspecified atom stereocenters. The summed E-state index contributed by atoms with van der Waals surface area (Å²) in [5, 5.41) is 3.28. The number of nitrogens with one attached hydrogen (secondary N) is 1. The van der Waals surface area contributed by atoms with Crippen LogP contribution in [0.1, 0.15) is 19.4 Å². The zero-order valence-electron chi connectivity index (χ0n) is 11.2. The first-order valence-electron chi connectivity index (χ1n) is 6.36. The number of hydrogen-bond donors (Lipinski definition) is 1. The Balaban J connectivity index is 1.78. The summed E-state index contributed by atoms with van der Waals surface area (Å²) in [5.74, 6) is -1.69. The molecule has 0 saturated carbocycles. The molecule has 2 rings (SSSR count). The van der Waals surface area contributed by atoms with Crippen LogP contribution in [0.25, 0.3) is 0 Å². The van der Waals surface area contributed by atoms with Gasteiger partial charge in [0.15, 0.2) is 11.6 Å². The molecule has 0 aliphatic carbocycles. The summed E-state index contributed by atoms with van der Waals surface area (Å²) in [6, 6.07) is 3.78. The molecule has 1 heterocycles. The molecule has 106 valence electrons. The van der Waals surface area contributed by atoms with Crippen molar-refractivity contribution in [3.8, 4) is 0 Å². The fourth-order valence-corrected chi connectivity index (χ4v) is 2.10. The molecule has 19 heavy (non-hydrogen) atoms. The summed E-state index contributed by atoms with van der Waals surface area (Å²) in [6.45, 7) is 6.25. The van der Waals surface area contributed by atoms with Crippen LogP contribution in [-0.4, -0.2) is 31.4 Å². The highest BCUT2D eigenvalue weighted by molar-refractivity contribution is 5.16. The first kappa shape index (κ1) is 14.4. The average Bonchev–Trinajstić information content (AvgIpc) is 2.32. The molecule has 1 atom stereocenters. The Labute approximate surface area is 111 Å². The molecule has 1 fully saturated rings. The van der Waals surface area contributed by atoms with Gasteiger partial charge in [0, 0.05) is 13.1 Å². The minimum Gasteiger partial charge on any atom is -0.374 e. The molecule has 0 radical (unpaired) electrons. The zero-order valence-corrected chi connectivity index (χ0v) is 11.2. The topological polar surface area (TPSA) is 30.5 Å². The van der Waals surface area contributed by atoms with Crippen molar-refractivity contribution in [1.82, 2.24) is 5.32 Å². The lowest BCUT2D eigenvalue weighted by molar-refractivity contribution is -0.122. The van der Waals surface area contributed by atoms with Crippen molar-refractivity contribution >= 4 is 0 Å². The van der Waals surface area contributed by atoms with Gasteiger partial charge in [-0.15, -0.1) is 0 Å². The van der Waals surface area contributed by atoms with Gasteiger partial charge in [-0.1, -0.05) is 6.07 Å². The first-order valence-corrected chi connectivity index (χ1v) is 6.36. The molecule has 0 spiro atoms. The Morgan fingerprint density at radius 3 is 2.84 bits per heavy atom. The molecule has 1 aromatic carbocycles. The number of hydrogen-bond acceptors (Lipinski definition) is 3. The maximum absolute atomic E-state index is 13.0. The molecule has 3 nitrogen and oxygen atoms in total. The Morgan fingerprint density at radius 2 is 2.16 bits per heavy atom. The van der Waals surface area contributed by atoms with Crippen LogP contribution in [0.3, 0.4) is 0 Å². The molecule has 1 aromatic rings. The van der Waals surface area contributed by atoms with Crippen LogP contribution in [-0.2, 0) is 16.1 Å². The van der Waals surface area contributed by atoms with Crippen molar-refractivity contribution in [2.45, 2.75) is 32.2 Å². The number of halogens is 2. The van der Waals surface area contributed by atoms with Crippen LogP contribution in [0.5, 0.6) is 0 Å². The predicted octanol–water partition coefficient (Wildman–Crippen LogP) is 2.25. The van der Waals surface area contributed by atoms with Gasteiger partial charge in [-0.05, 0) is 31.5 Å². The Kier molecular flexibility index (Phi) is 4.50. The van der Waals surface area contributed by atoms with Gasteiger partial charge >= 0.3 is 0 Å². The quantitative estimate of drug-likeness (QED) is 0.911. The lowest BCUT2D eigenvalue weighted by atomic mass is 10.1. The van der Waals surface area contributed by atoms with Crippen molar-refractivity contribution < 1.29 is 18.3 Å². The molecule has 1 aliphatic rings. The lowest BCUT2D eigenvalue weighted by Gasteiger charge is -2.36. The van der Waals surface area contributed by atoms with E-state index in [1.165, 1.54) is 6.07 Å². The average molecular weight is 271 g/mol. The van der Waals surface area contributed by atoms with Crippen LogP contribution in [0, 0.1) is 11.6 Å². The molecule has 5 heteroatoms. The molecule has 0 amide bonds. The Bertz CT molecular complexity index is 437. The third-order valence-corrected chi connectivity index (χ3v) is 2.96. The van der Waals surface area contributed by atoms with Crippen LogP contribution >= 0.6 is 0 Å². The largest absolute Gasteiger partial charge is 0.374 e. The van der Waals surface area contributed by atoms with Gasteiger partial charge in [-0.2, -0.15) is 0 Å². The summed E-state index contributed by atoms with van der Waals surface area (Å²) in [4.78, 5) is 0. The molecule has 1 aliphatic heterocycles. The van der Waals surface area contributed by atoms with Crippen LogP contribution in [0.15, 0.2) is 18.2 Å². The van der Waals surface area contributed by atoms with Crippen molar-refractivity contribution in [3.05, 3.63) is 35.4 Å². The third-order valence-electron chi connectivity index (χ3n) is 2.96. The van der Waals surface area contributed by atoms with E-state index in [4.69, 9.17) is 9.47 Å². The maximum atomic E-state index is 13.0. The van der Waals surface area contributed by atoms with Gasteiger partial charge in [0.25, 0.3) is 0 Å². The molecule has 0 bridgehead atoms. The highest BCUT2D eigenvalue weighted by Crippen LogP contribution is 2.16. The molecule has 0 aromatic heterocycles. The van der Waals surface area contributed by atoms with E-state index >= 15 is 0 Å². The van der Waals surface area contributed by atoms with E-state index in [9.17, 15) is 8.78 Å². The van der Waals surface area contributed by atoms with E-state index in [2.05, 4.69) is 5.32 Å². The van der Waals surface area contributed by atoms with E-state index in [-0.39, 0.29) is 18.3 Å². The highest BCUT2D eigenvalue weighted by atomic mass is 19.2. The lowest BCUT2D eigenvalue weighted by Crippen LogP contribution is -2.51. The van der Waals surface area contributed by atoms with Crippen molar-refractivity contribution in [1.29, 1.82) is 0 Å². The number of morpholine rings is 1. The van der Waals surface area contributed by atoms with Crippen molar-refractivity contribution in [2.24, 2.45) is 0 Å².